The second-order valence-corrected chi connectivity index (χ2v) is 14.6. The monoisotopic (exact) mass is 671 g/mol. The molecule has 1 unspecified atom stereocenters. The van der Waals surface area contributed by atoms with Crippen LogP contribution in [0, 0.1) is 17.0 Å². The van der Waals surface area contributed by atoms with Crippen molar-refractivity contribution in [2.45, 2.75) is 78.6 Å². The first-order valence-corrected chi connectivity index (χ1v) is 16.9. The fraction of sp³-hybridized carbons (Fsp3) is 0.486. The van der Waals surface area contributed by atoms with Gasteiger partial charge in [0.25, 0.3) is 0 Å². The van der Waals surface area contributed by atoms with Crippen molar-refractivity contribution in [3.05, 3.63) is 77.8 Å². The predicted molar refractivity (Wildman–Crippen MR) is 182 cm³/mol. The molecule has 0 bridgehead atoms. The molecule has 0 radical (unpaired) electrons. The zero-order chi connectivity index (χ0) is 34.8. The molecule has 256 valence electrons. The molecule has 12 heteroatoms. The van der Waals surface area contributed by atoms with E-state index in [1.165, 1.54) is 11.8 Å². The SMILES string of the molecule is CC(C)(C)OC(=O)NCCCN(C(=O)CSCCC(N)C=O)[C@@H](c1nc(-c2cc(F)ccc2F)cn1Cc1ccccc1)C(C)(C)C. The van der Waals surface area contributed by atoms with E-state index in [2.05, 4.69) is 5.32 Å². The Morgan fingerprint density at radius 1 is 1.11 bits per heavy atom. The Balaban J connectivity index is 2.03. The number of ether oxygens (including phenoxy) is 1. The van der Waals surface area contributed by atoms with E-state index >= 15 is 4.39 Å². The fourth-order valence-electron chi connectivity index (χ4n) is 5.05. The van der Waals surface area contributed by atoms with E-state index in [0.717, 1.165) is 23.8 Å². The van der Waals surface area contributed by atoms with Crippen molar-refractivity contribution in [1.82, 2.24) is 19.8 Å². The molecule has 0 aliphatic heterocycles. The van der Waals surface area contributed by atoms with Crippen LogP contribution in [0.3, 0.4) is 0 Å². The van der Waals surface area contributed by atoms with Crippen LogP contribution in [0.2, 0.25) is 0 Å². The molecule has 1 aromatic heterocycles. The lowest BCUT2D eigenvalue weighted by molar-refractivity contribution is -0.133. The van der Waals surface area contributed by atoms with Crippen LogP contribution in [-0.4, -0.2) is 69.0 Å². The van der Waals surface area contributed by atoms with Crippen LogP contribution in [0.25, 0.3) is 11.3 Å². The van der Waals surface area contributed by atoms with Crippen LogP contribution in [0.15, 0.2) is 54.7 Å². The molecule has 2 atom stereocenters. The van der Waals surface area contributed by atoms with Crippen molar-refractivity contribution in [2.24, 2.45) is 11.1 Å². The van der Waals surface area contributed by atoms with Gasteiger partial charge < -0.3 is 30.0 Å². The number of carbonyl (C=O) groups excluding carboxylic acids is 3. The number of carbonyl (C=O) groups is 3. The van der Waals surface area contributed by atoms with Crippen LogP contribution in [0.4, 0.5) is 13.6 Å². The number of hydrogen-bond donors (Lipinski definition) is 2. The van der Waals surface area contributed by atoms with Crippen LogP contribution in [-0.2, 0) is 20.9 Å². The summed E-state index contributed by atoms with van der Waals surface area (Å²) in [6.07, 6.45) is 2.69. The molecule has 1 heterocycles. The minimum Gasteiger partial charge on any atom is -0.444 e. The van der Waals surface area contributed by atoms with Gasteiger partial charge in [-0.25, -0.2) is 18.6 Å². The number of imidazole rings is 1. The number of nitrogens with one attached hydrogen (secondary N) is 1. The number of aldehydes is 1. The minimum absolute atomic E-state index is 0.0206. The first-order chi connectivity index (χ1) is 22.1. The lowest BCUT2D eigenvalue weighted by Crippen LogP contribution is -2.44. The second kappa shape index (κ2) is 16.9. The summed E-state index contributed by atoms with van der Waals surface area (Å²) in [4.78, 5) is 43.9. The molecule has 2 aromatic carbocycles. The van der Waals surface area contributed by atoms with Crippen molar-refractivity contribution in [1.29, 1.82) is 0 Å². The first-order valence-electron chi connectivity index (χ1n) is 15.7. The average molecular weight is 672 g/mol. The molecule has 9 nitrogen and oxygen atoms in total. The van der Waals surface area contributed by atoms with Gasteiger partial charge in [-0.1, -0.05) is 51.1 Å². The molecule has 0 spiro atoms. The topological polar surface area (TPSA) is 120 Å². The lowest BCUT2D eigenvalue weighted by Gasteiger charge is -2.40. The molecular weight excluding hydrogens is 624 g/mol. The van der Waals surface area contributed by atoms with Gasteiger partial charge in [-0.2, -0.15) is 11.8 Å². The zero-order valence-electron chi connectivity index (χ0n) is 28.1. The maximum Gasteiger partial charge on any atom is 0.407 e. The van der Waals surface area contributed by atoms with E-state index in [-0.39, 0.29) is 36.0 Å². The number of thioether (sulfide) groups is 1. The Hall–Kier alpha value is -3.77. The summed E-state index contributed by atoms with van der Waals surface area (Å²) in [7, 11) is 0. The van der Waals surface area contributed by atoms with Crippen molar-refractivity contribution < 1.29 is 27.9 Å². The molecule has 3 aromatic rings. The van der Waals surface area contributed by atoms with Crippen molar-refractivity contribution in [3.63, 3.8) is 0 Å². The summed E-state index contributed by atoms with van der Waals surface area (Å²) in [6.45, 7) is 12.2. The molecule has 0 saturated heterocycles. The van der Waals surface area contributed by atoms with Gasteiger partial charge >= 0.3 is 6.09 Å². The molecule has 0 fully saturated rings. The predicted octanol–water partition coefficient (Wildman–Crippen LogP) is 6.36. The van der Waals surface area contributed by atoms with E-state index in [9.17, 15) is 18.8 Å². The summed E-state index contributed by atoms with van der Waals surface area (Å²) in [5.41, 5.74) is 5.77. The van der Waals surface area contributed by atoms with Gasteiger partial charge in [0.05, 0.1) is 23.5 Å². The van der Waals surface area contributed by atoms with Crippen molar-refractivity contribution in [2.75, 3.05) is 24.6 Å². The zero-order valence-corrected chi connectivity index (χ0v) is 28.9. The number of halogens is 2. The highest BCUT2D eigenvalue weighted by molar-refractivity contribution is 7.99. The standard InChI is InChI=1S/C35H47F2N5O4S/c1-34(2,3)31(42(30(44)23-47-18-15-26(38)22-43)17-10-16-39-33(45)46-35(4,5)6)32-40-29(27-19-25(36)13-14-28(27)37)21-41(32)20-24-11-8-7-9-12-24/h7-9,11-14,19,21-22,26,31H,10,15-18,20,23,38H2,1-6H3,(H,39,45)/t26?,31-/m0/s1. The van der Waals surface area contributed by atoms with E-state index in [1.807, 2.05) is 55.7 Å². The summed E-state index contributed by atoms with van der Waals surface area (Å²) in [5.74, 6) is -0.205. The molecule has 0 aliphatic carbocycles. The van der Waals surface area contributed by atoms with E-state index in [0.29, 0.717) is 37.2 Å². The van der Waals surface area contributed by atoms with Gasteiger partial charge in [0.1, 0.15) is 29.3 Å². The third-order valence-corrected chi connectivity index (χ3v) is 8.12. The Labute approximate surface area is 280 Å². The highest BCUT2D eigenvalue weighted by atomic mass is 32.2. The number of hydrogen-bond acceptors (Lipinski definition) is 7. The van der Waals surface area contributed by atoms with Gasteiger partial charge in [0.2, 0.25) is 5.91 Å². The second-order valence-electron chi connectivity index (χ2n) is 13.5. The molecular formula is C35H47F2N5O4S. The van der Waals surface area contributed by atoms with Gasteiger partial charge in [-0.05, 0) is 68.5 Å². The quantitative estimate of drug-likeness (QED) is 0.143. The first kappa shape index (κ1) is 37.7. The maximum atomic E-state index is 15.0. The molecule has 3 rings (SSSR count). The van der Waals surface area contributed by atoms with Crippen LogP contribution in [0.1, 0.15) is 71.8 Å². The normalized spacial score (nSPS) is 13.1. The van der Waals surface area contributed by atoms with Crippen LogP contribution in [0.5, 0.6) is 0 Å². The van der Waals surface area contributed by atoms with Gasteiger partial charge in [-0.3, -0.25) is 4.79 Å². The Morgan fingerprint density at radius 3 is 2.45 bits per heavy atom. The third-order valence-electron chi connectivity index (χ3n) is 7.14. The highest BCUT2D eigenvalue weighted by Crippen LogP contribution is 2.40. The fourth-order valence-corrected chi connectivity index (χ4v) is 5.98. The van der Waals surface area contributed by atoms with Crippen molar-refractivity contribution >= 4 is 30.0 Å². The highest BCUT2D eigenvalue weighted by Gasteiger charge is 2.38. The van der Waals surface area contributed by atoms with Crippen LogP contribution < -0.4 is 11.1 Å². The molecule has 0 aliphatic rings. The number of benzene rings is 2. The third kappa shape index (κ3) is 11.8. The maximum absolute atomic E-state index is 15.0. The summed E-state index contributed by atoms with van der Waals surface area (Å²) >= 11 is 1.38. The smallest absolute Gasteiger partial charge is 0.407 e. The molecule has 47 heavy (non-hydrogen) atoms. The lowest BCUT2D eigenvalue weighted by atomic mass is 9.84. The largest absolute Gasteiger partial charge is 0.444 e. The number of amides is 2. The molecule has 0 saturated carbocycles. The van der Waals surface area contributed by atoms with Gasteiger partial charge in [0.15, 0.2) is 0 Å². The summed E-state index contributed by atoms with van der Waals surface area (Å²) in [5, 5.41) is 2.75. The number of aromatic nitrogens is 2. The van der Waals surface area contributed by atoms with Gasteiger partial charge in [-0.15, -0.1) is 0 Å². The average Bonchev–Trinajstić information content (AvgIpc) is 3.38. The minimum atomic E-state index is -0.651. The summed E-state index contributed by atoms with van der Waals surface area (Å²) in [6, 6.07) is 11.7. The van der Waals surface area contributed by atoms with E-state index in [4.69, 9.17) is 15.5 Å². The van der Waals surface area contributed by atoms with Gasteiger partial charge in [0, 0.05) is 31.4 Å². The Bertz CT molecular complexity index is 1490. The van der Waals surface area contributed by atoms with E-state index < -0.39 is 40.8 Å². The Morgan fingerprint density at radius 2 is 1.81 bits per heavy atom. The number of nitrogens with two attached hydrogens (primary N) is 1. The van der Waals surface area contributed by atoms with E-state index in [1.54, 1.807) is 31.9 Å². The van der Waals surface area contributed by atoms with Crippen LogP contribution >= 0.6 is 11.8 Å². The molecule has 3 N–H and O–H groups in total. The number of alkyl carbamates (subject to hydrolysis) is 1. The number of rotatable bonds is 15. The number of nitrogens with zero attached hydrogens (tertiary/aromatic N) is 3. The summed E-state index contributed by atoms with van der Waals surface area (Å²) < 4.78 is 36.5. The Kier molecular flexibility index (Phi) is 13.5. The van der Waals surface area contributed by atoms with Crippen molar-refractivity contribution in [3.8, 4) is 11.3 Å². The molecule has 2 amide bonds.